The fourth-order valence-electron chi connectivity index (χ4n) is 2.17. The lowest BCUT2D eigenvalue weighted by Gasteiger charge is -2.13. The summed E-state index contributed by atoms with van der Waals surface area (Å²) in [4.78, 5) is 0. The summed E-state index contributed by atoms with van der Waals surface area (Å²) in [5.74, 6) is 0. The molecule has 1 heterocycles. The van der Waals surface area contributed by atoms with Gasteiger partial charge >= 0.3 is 0 Å². The third kappa shape index (κ3) is 3.40. The number of rotatable bonds is 6. The van der Waals surface area contributed by atoms with Gasteiger partial charge in [-0.1, -0.05) is 31.0 Å². The Balaban J connectivity index is 2.17. The van der Waals surface area contributed by atoms with Crippen molar-refractivity contribution in [1.29, 1.82) is 0 Å². The van der Waals surface area contributed by atoms with Crippen molar-refractivity contribution in [3.8, 4) is 5.69 Å². The van der Waals surface area contributed by atoms with E-state index >= 15 is 0 Å². The first-order valence-corrected chi connectivity index (χ1v) is 7.24. The second-order valence-corrected chi connectivity index (χ2v) is 5.19. The molecule has 0 bridgehead atoms. The van der Waals surface area contributed by atoms with Crippen LogP contribution in [0, 0.1) is 6.92 Å². The summed E-state index contributed by atoms with van der Waals surface area (Å²) in [6.07, 6.45) is 4.54. The Morgan fingerprint density at radius 1 is 1.21 bits per heavy atom. The first-order chi connectivity index (χ1) is 9.24. The number of aromatic nitrogens is 1. The molecule has 1 aromatic carbocycles. The quantitative estimate of drug-likeness (QED) is 0.777. The molecule has 0 atom stereocenters. The smallest absolute Gasteiger partial charge is 0.0496 e. The molecule has 0 unspecified atom stereocenters. The maximum absolute atomic E-state index is 6.20. The number of halogens is 1. The van der Waals surface area contributed by atoms with Gasteiger partial charge in [0.05, 0.1) is 0 Å². The van der Waals surface area contributed by atoms with Gasteiger partial charge in [-0.2, -0.15) is 0 Å². The second kappa shape index (κ2) is 6.78. The first-order valence-electron chi connectivity index (χ1n) is 6.86. The highest BCUT2D eigenvalue weighted by atomic mass is 35.5. The molecule has 0 saturated carbocycles. The van der Waals surface area contributed by atoms with Crippen molar-refractivity contribution < 1.29 is 0 Å². The van der Waals surface area contributed by atoms with Crippen LogP contribution in [0.3, 0.4) is 0 Å². The Morgan fingerprint density at radius 3 is 2.84 bits per heavy atom. The maximum Gasteiger partial charge on any atom is 0.0496 e. The molecular weight excluding hydrogens is 256 g/mol. The van der Waals surface area contributed by atoms with Gasteiger partial charge in [0.2, 0.25) is 0 Å². The van der Waals surface area contributed by atoms with E-state index in [9.17, 15) is 0 Å². The fraction of sp³-hybridized carbons (Fsp3) is 0.375. The zero-order chi connectivity index (χ0) is 13.7. The highest BCUT2D eigenvalue weighted by Crippen LogP contribution is 2.23. The van der Waals surface area contributed by atoms with Gasteiger partial charge in [-0.15, -0.1) is 0 Å². The van der Waals surface area contributed by atoms with Crippen molar-refractivity contribution in [2.75, 3.05) is 6.54 Å². The molecule has 3 heteroatoms. The van der Waals surface area contributed by atoms with Crippen LogP contribution in [0.5, 0.6) is 0 Å². The number of nitrogens with zero attached hydrogens (tertiary/aromatic N) is 1. The van der Waals surface area contributed by atoms with Gasteiger partial charge in [0.25, 0.3) is 0 Å². The third-order valence-electron chi connectivity index (χ3n) is 3.35. The van der Waals surface area contributed by atoms with Gasteiger partial charge in [0, 0.05) is 29.1 Å². The minimum Gasteiger partial charge on any atom is -0.319 e. The van der Waals surface area contributed by atoms with Crippen LogP contribution >= 0.6 is 11.6 Å². The molecule has 0 aliphatic carbocycles. The molecule has 0 amide bonds. The SMILES string of the molecule is CCCCNCc1cccn1-c1cccc(Cl)c1C. The van der Waals surface area contributed by atoms with E-state index in [1.165, 1.54) is 18.5 Å². The van der Waals surface area contributed by atoms with Crippen LogP contribution in [0.25, 0.3) is 5.69 Å². The van der Waals surface area contributed by atoms with Gasteiger partial charge in [-0.25, -0.2) is 0 Å². The van der Waals surface area contributed by atoms with Crippen molar-refractivity contribution in [3.63, 3.8) is 0 Å². The van der Waals surface area contributed by atoms with Crippen LogP contribution in [-0.2, 0) is 6.54 Å². The van der Waals surface area contributed by atoms with Crippen LogP contribution in [0.1, 0.15) is 31.0 Å². The van der Waals surface area contributed by atoms with Crippen molar-refractivity contribution in [3.05, 3.63) is 52.8 Å². The molecule has 19 heavy (non-hydrogen) atoms. The molecule has 0 aliphatic rings. The zero-order valence-electron chi connectivity index (χ0n) is 11.6. The van der Waals surface area contributed by atoms with Gasteiger partial charge in [0.1, 0.15) is 0 Å². The molecule has 0 saturated heterocycles. The van der Waals surface area contributed by atoms with Gasteiger partial charge in [-0.05, 0) is 49.7 Å². The summed E-state index contributed by atoms with van der Waals surface area (Å²) in [5.41, 5.74) is 3.54. The van der Waals surface area contributed by atoms with Gasteiger partial charge < -0.3 is 9.88 Å². The summed E-state index contributed by atoms with van der Waals surface area (Å²) in [6, 6.07) is 10.3. The van der Waals surface area contributed by atoms with E-state index in [0.717, 1.165) is 29.4 Å². The number of hydrogen-bond acceptors (Lipinski definition) is 1. The minimum atomic E-state index is 0.816. The number of nitrogens with one attached hydrogen (secondary N) is 1. The lowest BCUT2D eigenvalue weighted by atomic mass is 10.2. The van der Waals surface area contributed by atoms with Crippen molar-refractivity contribution in [2.24, 2.45) is 0 Å². The molecule has 102 valence electrons. The zero-order valence-corrected chi connectivity index (χ0v) is 12.4. The van der Waals surface area contributed by atoms with E-state index in [1.54, 1.807) is 0 Å². The first kappa shape index (κ1) is 14.2. The molecule has 0 spiro atoms. The third-order valence-corrected chi connectivity index (χ3v) is 3.75. The average molecular weight is 277 g/mol. The van der Waals surface area contributed by atoms with Crippen LogP contribution in [0.4, 0.5) is 0 Å². The van der Waals surface area contributed by atoms with E-state index < -0.39 is 0 Å². The molecular formula is C16H21ClN2. The van der Waals surface area contributed by atoms with Crippen molar-refractivity contribution in [2.45, 2.75) is 33.2 Å². The normalized spacial score (nSPS) is 10.9. The molecule has 1 aromatic heterocycles. The maximum atomic E-state index is 6.20. The molecule has 0 fully saturated rings. The predicted molar refractivity (Wildman–Crippen MR) is 82.1 cm³/mol. The Bertz CT molecular complexity index is 531. The molecule has 2 aromatic rings. The van der Waals surface area contributed by atoms with Crippen LogP contribution in [-0.4, -0.2) is 11.1 Å². The molecule has 1 N–H and O–H groups in total. The van der Waals surface area contributed by atoms with Crippen LogP contribution < -0.4 is 5.32 Å². The monoisotopic (exact) mass is 276 g/mol. The fourth-order valence-corrected chi connectivity index (χ4v) is 2.34. The predicted octanol–water partition coefficient (Wildman–Crippen LogP) is 4.33. The largest absolute Gasteiger partial charge is 0.319 e. The molecule has 0 radical (unpaired) electrons. The van der Waals surface area contributed by atoms with E-state index in [-0.39, 0.29) is 0 Å². The Morgan fingerprint density at radius 2 is 2.05 bits per heavy atom. The van der Waals surface area contributed by atoms with Gasteiger partial charge in [-0.3, -0.25) is 0 Å². The van der Waals surface area contributed by atoms with Crippen LogP contribution in [0.2, 0.25) is 5.02 Å². The topological polar surface area (TPSA) is 17.0 Å². The summed E-state index contributed by atoms with van der Waals surface area (Å²) < 4.78 is 2.21. The number of hydrogen-bond donors (Lipinski definition) is 1. The molecule has 2 rings (SSSR count). The summed E-state index contributed by atoms with van der Waals surface area (Å²) in [7, 11) is 0. The minimum absolute atomic E-state index is 0.816. The molecule has 2 nitrogen and oxygen atoms in total. The Labute approximate surface area is 120 Å². The lowest BCUT2D eigenvalue weighted by Crippen LogP contribution is -2.16. The van der Waals surface area contributed by atoms with Gasteiger partial charge in [0.15, 0.2) is 0 Å². The molecule has 0 aliphatic heterocycles. The lowest BCUT2D eigenvalue weighted by molar-refractivity contribution is 0.627. The van der Waals surface area contributed by atoms with Crippen LogP contribution in [0.15, 0.2) is 36.5 Å². The van der Waals surface area contributed by atoms with E-state index in [2.05, 4.69) is 48.1 Å². The second-order valence-electron chi connectivity index (χ2n) is 4.78. The average Bonchev–Trinajstić information content (AvgIpc) is 2.86. The summed E-state index contributed by atoms with van der Waals surface area (Å²) >= 11 is 6.20. The Kier molecular flexibility index (Phi) is 5.06. The summed E-state index contributed by atoms with van der Waals surface area (Å²) in [6.45, 7) is 6.22. The number of benzene rings is 1. The van der Waals surface area contributed by atoms with E-state index in [0.29, 0.717) is 0 Å². The standard InChI is InChI=1S/C16H21ClN2/c1-3-4-10-18-12-14-7-6-11-19(14)16-9-5-8-15(17)13(16)2/h5-9,11,18H,3-4,10,12H2,1-2H3. The van der Waals surface area contributed by atoms with E-state index in [4.69, 9.17) is 11.6 Å². The Hall–Kier alpha value is -1.25. The van der Waals surface area contributed by atoms with E-state index in [1.807, 2.05) is 12.1 Å². The highest BCUT2D eigenvalue weighted by molar-refractivity contribution is 6.31. The van der Waals surface area contributed by atoms with Crippen molar-refractivity contribution in [1.82, 2.24) is 9.88 Å². The number of unbranched alkanes of at least 4 members (excludes halogenated alkanes) is 1. The summed E-state index contributed by atoms with van der Waals surface area (Å²) in [5, 5.41) is 4.29. The highest BCUT2D eigenvalue weighted by Gasteiger charge is 2.07. The van der Waals surface area contributed by atoms with Crippen molar-refractivity contribution >= 4 is 11.6 Å².